The molecule has 0 radical (unpaired) electrons. The number of amides is 1. The number of nitrogens with zero attached hydrogens (tertiary/aromatic N) is 3. The Morgan fingerprint density at radius 3 is 2.38 bits per heavy atom. The Hall–Kier alpha value is -3.69. The molecular formula is C28H29FN4O. The van der Waals surface area contributed by atoms with E-state index in [2.05, 4.69) is 21.2 Å². The van der Waals surface area contributed by atoms with Crippen molar-refractivity contribution in [2.45, 2.75) is 25.3 Å². The lowest BCUT2D eigenvalue weighted by Gasteiger charge is -2.34. The van der Waals surface area contributed by atoms with Crippen LogP contribution in [-0.4, -0.2) is 43.0 Å². The lowest BCUT2D eigenvalue weighted by molar-refractivity contribution is -0.121. The van der Waals surface area contributed by atoms with Gasteiger partial charge in [0.1, 0.15) is 5.82 Å². The van der Waals surface area contributed by atoms with Crippen LogP contribution in [0.5, 0.6) is 0 Å². The zero-order valence-electron chi connectivity index (χ0n) is 19.2. The molecule has 1 amide bonds. The Bertz CT molecular complexity index is 1120. The van der Waals surface area contributed by atoms with E-state index >= 15 is 0 Å². The second-order valence-corrected chi connectivity index (χ2v) is 8.64. The third kappa shape index (κ3) is 6.43. The summed E-state index contributed by atoms with van der Waals surface area (Å²) < 4.78 is 13.9. The van der Waals surface area contributed by atoms with Gasteiger partial charge < -0.3 is 15.1 Å². The van der Waals surface area contributed by atoms with Gasteiger partial charge in [0.05, 0.1) is 18.1 Å². The summed E-state index contributed by atoms with van der Waals surface area (Å²) in [4.78, 5) is 17.0. The number of para-hydroxylation sites is 1. The van der Waals surface area contributed by atoms with Gasteiger partial charge in [0.2, 0.25) is 5.91 Å². The minimum atomic E-state index is -0.240. The highest BCUT2D eigenvalue weighted by molar-refractivity contribution is 5.78. The molecular weight excluding hydrogens is 427 g/mol. The van der Waals surface area contributed by atoms with Gasteiger partial charge in [-0.25, -0.2) is 4.39 Å². The average Bonchev–Trinajstić information content (AvgIpc) is 2.86. The fourth-order valence-electron chi connectivity index (χ4n) is 4.36. The number of piperidine rings is 1. The van der Waals surface area contributed by atoms with Gasteiger partial charge in [0, 0.05) is 43.6 Å². The number of nitrogens with one attached hydrogen (secondary N) is 1. The van der Waals surface area contributed by atoms with Crippen LogP contribution in [0.1, 0.15) is 24.0 Å². The molecule has 1 saturated heterocycles. The molecule has 174 valence electrons. The molecule has 1 aliphatic rings. The number of carbonyl (C=O) groups excluding carboxylic acids is 1. The Labute approximate surface area is 200 Å². The van der Waals surface area contributed by atoms with E-state index in [0.717, 1.165) is 56.0 Å². The van der Waals surface area contributed by atoms with E-state index in [9.17, 15) is 9.18 Å². The van der Waals surface area contributed by atoms with E-state index in [-0.39, 0.29) is 17.8 Å². The minimum absolute atomic E-state index is 0.0181. The number of nitriles is 1. The van der Waals surface area contributed by atoms with Gasteiger partial charge in [-0.1, -0.05) is 36.4 Å². The maximum absolute atomic E-state index is 13.9. The van der Waals surface area contributed by atoms with Crippen LogP contribution < -0.4 is 10.2 Å². The van der Waals surface area contributed by atoms with Crippen molar-refractivity contribution in [3.63, 3.8) is 0 Å². The van der Waals surface area contributed by atoms with Crippen molar-refractivity contribution in [1.82, 2.24) is 10.2 Å². The van der Waals surface area contributed by atoms with Crippen LogP contribution in [0.4, 0.5) is 15.8 Å². The Kier molecular flexibility index (Phi) is 7.90. The zero-order chi connectivity index (χ0) is 23.8. The van der Waals surface area contributed by atoms with E-state index in [4.69, 9.17) is 5.26 Å². The smallest absolute Gasteiger partial charge is 0.224 e. The van der Waals surface area contributed by atoms with Crippen LogP contribution in [-0.2, 0) is 11.2 Å². The van der Waals surface area contributed by atoms with E-state index in [0.29, 0.717) is 12.0 Å². The van der Waals surface area contributed by atoms with Crippen molar-refractivity contribution < 1.29 is 9.18 Å². The number of benzene rings is 3. The maximum atomic E-state index is 13.9. The maximum Gasteiger partial charge on any atom is 0.224 e. The molecule has 0 saturated carbocycles. The number of carbonyl (C=O) groups is 1. The van der Waals surface area contributed by atoms with Gasteiger partial charge in [0.25, 0.3) is 0 Å². The largest absolute Gasteiger partial charge is 0.353 e. The van der Waals surface area contributed by atoms with Crippen molar-refractivity contribution in [3.8, 4) is 6.07 Å². The quantitative estimate of drug-likeness (QED) is 0.536. The van der Waals surface area contributed by atoms with Crippen molar-refractivity contribution in [2.24, 2.45) is 0 Å². The van der Waals surface area contributed by atoms with Crippen molar-refractivity contribution in [2.75, 3.05) is 31.1 Å². The molecule has 1 heterocycles. The fourth-order valence-corrected chi connectivity index (χ4v) is 4.36. The summed E-state index contributed by atoms with van der Waals surface area (Å²) in [5.74, 6) is -0.222. The third-order valence-electron chi connectivity index (χ3n) is 6.23. The van der Waals surface area contributed by atoms with Crippen molar-refractivity contribution in [1.29, 1.82) is 5.26 Å². The minimum Gasteiger partial charge on any atom is -0.353 e. The summed E-state index contributed by atoms with van der Waals surface area (Å²) in [7, 11) is 0. The number of halogens is 1. The molecule has 3 aromatic carbocycles. The van der Waals surface area contributed by atoms with E-state index in [1.165, 1.54) is 6.07 Å². The highest BCUT2D eigenvalue weighted by Gasteiger charge is 2.21. The molecule has 0 bridgehead atoms. The number of anilines is 2. The van der Waals surface area contributed by atoms with Gasteiger partial charge >= 0.3 is 0 Å². The van der Waals surface area contributed by atoms with Gasteiger partial charge in [-0.05, 0) is 60.9 Å². The Morgan fingerprint density at radius 1 is 1.00 bits per heavy atom. The van der Waals surface area contributed by atoms with E-state index in [1.807, 2.05) is 48.5 Å². The van der Waals surface area contributed by atoms with Crippen LogP contribution in [0.15, 0.2) is 78.9 Å². The first kappa shape index (κ1) is 23.5. The Morgan fingerprint density at radius 2 is 1.71 bits per heavy atom. The van der Waals surface area contributed by atoms with Gasteiger partial charge in [0.15, 0.2) is 0 Å². The molecule has 4 rings (SSSR count). The Balaban J connectivity index is 1.27. The van der Waals surface area contributed by atoms with Gasteiger partial charge in [-0.3, -0.25) is 4.79 Å². The highest BCUT2D eigenvalue weighted by atomic mass is 19.1. The predicted molar refractivity (Wildman–Crippen MR) is 132 cm³/mol. The number of hydrogen-bond acceptors (Lipinski definition) is 4. The summed E-state index contributed by atoms with van der Waals surface area (Å²) in [6, 6.07) is 26.2. The molecule has 3 aromatic rings. The molecule has 0 aromatic heterocycles. The first-order valence-electron chi connectivity index (χ1n) is 11.7. The first-order valence-corrected chi connectivity index (χ1v) is 11.7. The van der Waals surface area contributed by atoms with Crippen molar-refractivity contribution in [3.05, 3.63) is 95.8 Å². The molecule has 1 aliphatic heterocycles. The average molecular weight is 457 g/mol. The molecule has 6 heteroatoms. The summed E-state index contributed by atoms with van der Waals surface area (Å²) in [6.45, 7) is 3.43. The lowest BCUT2D eigenvalue weighted by atomic mass is 10.0. The molecule has 0 aliphatic carbocycles. The standard InChI is InChI=1S/C28H29FN4O/c29-24-5-4-8-27(20-24)33(26-6-2-1-3-7-26)18-17-32-15-13-25(14-16-32)31-28(34)19-22-9-11-23(21-30)12-10-22/h1-12,20,25H,13-19H2,(H,31,34). The summed E-state index contributed by atoms with van der Waals surface area (Å²) in [5, 5.41) is 12.0. The van der Waals surface area contributed by atoms with Crippen LogP contribution in [0.3, 0.4) is 0 Å². The highest BCUT2D eigenvalue weighted by Crippen LogP contribution is 2.25. The number of likely N-dealkylation sites (tertiary alicyclic amines) is 1. The normalized spacial score (nSPS) is 14.4. The number of rotatable bonds is 8. The second-order valence-electron chi connectivity index (χ2n) is 8.64. The second kappa shape index (κ2) is 11.4. The van der Waals surface area contributed by atoms with E-state index in [1.54, 1.807) is 24.3 Å². The van der Waals surface area contributed by atoms with E-state index < -0.39 is 0 Å². The zero-order valence-corrected chi connectivity index (χ0v) is 19.2. The van der Waals surface area contributed by atoms with Gasteiger partial charge in [-0.2, -0.15) is 5.26 Å². The molecule has 1 N–H and O–H groups in total. The topological polar surface area (TPSA) is 59.4 Å². The van der Waals surface area contributed by atoms with Gasteiger partial charge in [-0.15, -0.1) is 0 Å². The predicted octanol–water partition coefficient (Wildman–Crippen LogP) is 4.66. The van der Waals surface area contributed by atoms with Crippen LogP contribution in [0.2, 0.25) is 0 Å². The monoisotopic (exact) mass is 456 g/mol. The third-order valence-corrected chi connectivity index (χ3v) is 6.23. The summed E-state index contributed by atoms with van der Waals surface area (Å²) >= 11 is 0. The van der Waals surface area contributed by atoms with Crippen LogP contribution in [0, 0.1) is 17.1 Å². The first-order chi connectivity index (χ1) is 16.6. The van der Waals surface area contributed by atoms with Crippen LogP contribution in [0.25, 0.3) is 0 Å². The summed E-state index contributed by atoms with van der Waals surface area (Å²) in [6.07, 6.45) is 2.14. The molecule has 0 spiro atoms. The van der Waals surface area contributed by atoms with Crippen molar-refractivity contribution >= 4 is 17.3 Å². The molecule has 34 heavy (non-hydrogen) atoms. The number of hydrogen-bond donors (Lipinski definition) is 1. The summed E-state index contributed by atoms with van der Waals surface area (Å²) in [5.41, 5.74) is 3.39. The molecule has 5 nitrogen and oxygen atoms in total. The SMILES string of the molecule is N#Cc1ccc(CC(=O)NC2CCN(CCN(c3ccccc3)c3cccc(F)c3)CC2)cc1. The molecule has 1 fully saturated rings. The van der Waals surface area contributed by atoms with Crippen LogP contribution >= 0.6 is 0 Å². The molecule has 0 atom stereocenters. The fraction of sp³-hybridized carbons (Fsp3) is 0.286. The molecule has 0 unspecified atom stereocenters. The lowest BCUT2D eigenvalue weighted by Crippen LogP contribution is -2.46.